The van der Waals surface area contributed by atoms with Crippen LogP contribution in [0, 0.1) is 13.8 Å². The zero-order valence-corrected chi connectivity index (χ0v) is 14.4. The van der Waals surface area contributed by atoms with Crippen LogP contribution in [0.1, 0.15) is 29.0 Å². The van der Waals surface area contributed by atoms with Gasteiger partial charge in [0.15, 0.2) is 0 Å². The molecule has 2 heterocycles. The summed E-state index contributed by atoms with van der Waals surface area (Å²) in [4.78, 5) is 4.50. The van der Waals surface area contributed by atoms with E-state index in [0.717, 1.165) is 40.3 Å². The third-order valence-corrected chi connectivity index (χ3v) is 5.10. The summed E-state index contributed by atoms with van der Waals surface area (Å²) in [6, 6.07) is 0.147. The number of nitrogens with one attached hydrogen (secondary N) is 1. The highest BCUT2D eigenvalue weighted by Gasteiger charge is 2.18. The van der Waals surface area contributed by atoms with Crippen LogP contribution >= 0.6 is 27.3 Å². The molecule has 0 aliphatic heterocycles. The molecule has 0 bridgehead atoms. The maximum atomic E-state index is 5.70. The number of rotatable bonds is 6. The van der Waals surface area contributed by atoms with E-state index in [4.69, 9.17) is 5.84 Å². The molecular formula is C13H20BrN5S. The van der Waals surface area contributed by atoms with E-state index in [1.807, 2.05) is 18.5 Å². The molecular weight excluding hydrogens is 338 g/mol. The molecule has 0 saturated carbocycles. The number of hydrogen-bond donors (Lipinski definition) is 2. The Hall–Kier alpha value is -0.760. The summed E-state index contributed by atoms with van der Waals surface area (Å²) in [7, 11) is 0. The van der Waals surface area contributed by atoms with Gasteiger partial charge in [-0.15, -0.1) is 11.3 Å². The molecule has 2 aromatic heterocycles. The molecule has 5 nitrogen and oxygen atoms in total. The Morgan fingerprint density at radius 3 is 2.75 bits per heavy atom. The minimum absolute atomic E-state index is 0.147. The predicted molar refractivity (Wildman–Crippen MR) is 85.7 cm³/mol. The molecule has 0 aliphatic carbocycles. The highest BCUT2D eigenvalue weighted by Crippen LogP contribution is 2.23. The maximum absolute atomic E-state index is 5.70. The lowest BCUT2D eigenvalue weighted by Gasteiger charge is -2.16. The van der Waals surface area contributed by atoms with E-state index in [-0.39, 0.29) is 6.04 Å². The van der Waals surface area contributed by atoms with Crippen LogP contribution in [0.2, 0.25) is 0 Å². The molecule has 0 aromatic carbocycles. The van der Waals surface area contributed by atoms with E-state index >= 15 is 0 Å². The fraction of sp³-hybridized carbons (Fsp3) is 0.538. The van der Waals surface area contributed by atoms with Gasteiger partial charge in [-0.3, -0.25) is 16.0 Å². The second kappa shape index (κ2) is 6.80. The van der Waals surface area contributed by atoms with Gasteiger partial charge < -0.3 is 0 Å². The number of nitrogens with two attached hydrogens (primary N) is 1. The number of aromatic nitrogens is 3. The Balaban J connectivity index is 2.14. The number of thiazole rings is 1. The van der Waals surface area contributed by atoms with Crippen LogP contribution in [0.5, 0.6) is 0 Å². The van der Waals surface area contributed by atoms with Crippen LogP contribution < -0.4 is 11.3 Å². The molecule has 2 aromatic rings. The molecule has 7 heteroatoms. The van der Waals surface area contributed by atoms with Crippen molar-refractivity contribution in [1.82, 2.24) is 20.2 Å². The standard InChI is InChI=1S/C13H20BrN5S/c1-4-19-12(13(14)8(2)18-19)6-10(17-15)5-11-7-20-9(3)16-11/h7,10,17H,4-6,15H2,1-3H3. The van der Waals surface area contributed by atoms with Crippen molar-refractivity contribution in [3.63, 3.8) is 0 Å². The quantitative estimate of drug-likeness (QED) is 0.614. The van der Waals surface area contributed by atoms with Gasteiger partial charge in [-0.25, -0.2) is 4.98 Å². The van der Waals surface area contributed by atoms with Gasteiger partial charge in [0.25, 0.3) is 0 Å². The Bertz CT molecular complexity index is 577. The molecule has 3 N–H and O–H groups in total. The molecule has 20 heavy (non-hydrogen) atoms. The van der Waals surface area contributed by atoms with Crippen LogP contribution in [-0.4, -0.2) is 20.8 Å². The summed E-state index contributed by atoms with van der Waals surface area (Å²) in [5.74, 6) is 5.70. The second-order valence-electron chi connectivity index (χ2n) is 4.79. The lowest BCUT2D eigenvalue weighted by atomic mass is 10.1. The van der Waals surface area contributed by atoms with Gasteiger partial charge in [0.1, 0.15) is 0 Å². The number of hydrazine groups is 1. The molecule has 1 atom stereocenters. The monoisotopic (exact) mass is 357 g/mol. The van der Waals surface area contributed by atoms with Crippen molar-refractivity contribution in [3.05, 3.63) is 31.9 Å². The molecule has 0 amide bonds. The lowest BCUT2D eigenvalue weighted by molar-refractivity contribution is 0.492. The fourth-order valence-electron chi connectivity index (χ4n) is 2.24. The van der Waals surface area contributed by atoms with E-state index in [1.54, 1.807) is 11.3 Å². The van der Waals surface area contributed by atoms with Crippen LogP contribution in [-0.2, 0) is 19.4 Å². The molecule has 0 aliphatic rings. The van der Waals surface area contributed by atoms with Gasteiger partial charge >= 0.3 is 0 Å². The van der Waals surface area contributed by atoms with Gasteiger partial charge in [0.05, 0.1) is 26.6 Å². The zero-order valence-electron chi connectivity index (χ0n) is 12.0. The van der Waals surface area contributed by atoms with E-state index in [0.29, 0.717) is 0 Å². The van der Waals surface area contributed by atoms with Crippen LogP contribution in [0.4, 0.5) is 0 Å². The topological polar surface area (TPSA) is 68.8 Å². The minimum atomic E-state index is 0.147. The number of aryl methyl sites for hydroxylation is 3. The van der Waals surface area contributed by atoms with E-state index in [2.05, 4.69) is 43.7 Å². The van der Waals surface area contributed by atoms with Crippen LogP contribution in [0.25, 0.3) is 0 Å². The summed E-state index contributed by atoms with van der Waals surface area (Å²) in [6.45, 7) is 6.98. The normalized spacial score (nSPS) is 12.8. The first kappa shape index (κ1) is 15.6. The Morgan fingerprint density at radius 2 is 2.20 bits per heavy atom. The molecule has 0 saturated heterocycles. The predicted octanol–water partition coefficient (Wildman–Crippen LogP) is 2.36. The first-order valence-electron chi connectivity index (χ1n) is 6.64. The molecule has 1 unspecified atom stereocenters. The van der Waals surface area contributed by atoms with Crippen molar-refractivity contribution in [2.75, 3.05) is 0 Å². The zero-order chi connectivity index (χ0) is 14.7. The van der Waals surface area contributed by atoms with Gasteiger partial charge in [-0.05, 0) is 36.7 Å². The Kier molecular flexibility index (Phi) is 5.31. The SMILES string of the molecule is CCn1nc(C)c(Br)c1CC(Cc1csc(C)n1)NN. The summed E-state index contributed by atoms with van der Waals surface area (Å²) in [5.41, 5.74) is 6.18. The number of hydrogen-bond acceptors (Lipinski definition) is 5. The lowest BCUT2D eigenvalue weighted by Crippen LogP contribution is -2.39. The summed E-state index contributed by atoms with van der Waals surface area (Å²) in [6.07, 6.45) is 1.64. The van der Waals surface area contributed by atoms with E-state index < -0.39 is 0 Å². The van der Waals surface area contributed by atoms with Crippen LogP contribution in [0.15, 0.2) is 9.85 Å². The Labute approximate surface area is 131 Å². The van der Waals surface area contributed by atoms with E-state index in [1.165, 1.54) is 5.69 Å². The number of nitrogens with zero attached hydrogens (tertiary/aromatic N) is 3. The maximum Gasteiger partial charge on any atom is 0.0897 e. The first-order chi connectivity index (χ1) is 9.55. The third-order valence-electron chi connectivity index (χ3n) is 3.25. The molecule has 0 spiro atoms. The van der Waals surface area contributed by atoms with Crippen molar-refractivity contribution in [1.29, 1.82) is 0 Å². The second-order valence-corrected chi connectivity index (χ2v) is 6.65. The average Bonchev–Trinajstić information content (AvgIpc) is 2.95. The van der Waals surface area contributed by atoms with Crippen molar-refractivity contribution in [3.8, 4) is 0 Å². The van der Waals surface area contributed by atoms with Crippen molar-refractivity contribution < 1.29 is 0 Å². The molecule has 2 rings (SSSR count). The van der Waals surface area contributed by atoms with Gasteiger partial charge in [-0.2, -0.15) is 5.10 Å². The van der Waals surface area contributed by atoms with Crippen molar-refractivity contribution >= 4 is 27.3 Å². The Morgan fingerprint density at radius 1 is 1.45 bits per heavy atom. The molecule has 0 radical (unpaired) electrons. The summed E-state index contributed by atoms with van der Waals surface area (Å²) < 4.78 is 3.10. The van der Waals surface area contributed by atoms with Crippen molar-refractivity contribution in [2.24, 2.45) is 5.84 Å². The molecule has 0 fully saturated rings. The number of halogens is 1. The highest BCUT2D eigenvalue weighted by molar-refractivity contribution is 9.10. The smallest absolute Gasteiger partial charge is 0.0897 e. The summed E-state index contributed by atoms with van der Waals surface area (Å²) in [5, 5.41) is 7.70. The summed E-state index contributed by atoms with van der Waals surface area (Å²) >= 11 is 5.30. The minimum Gasteiger partial charge on any atom is -0.271 e. The van der Waals surface area contributed by atoms with E-state index in [9.17, 15) is 0 Å². The van der Waals surface area contributed by atoms with Gasteiger partial charge in [0.2, 0.25) is 0 Å². The van der Waals surface area contributed by atoms with Crippen LogP contribution in [0.3, 0.4) is 0 Å². The van der Waals surface area contributed by atoms with Crippen molar-refractivity contribution in [2.45, 2.75) is 46.2 Å². The molecule has 110 valence electrons. The largest absolute Gasteiger partial charge is 0.271 e. The average molecular weight is 358 g/mol. The first-order valence-corrected chi connectivity index (χ1v) is 8.31. The van der Waals surface area contributed by atoms with Gasteiger partial charge in [-0.1, -0.05) is 0 Å². The third kappa shape index (κ3) is 3.46. The highest BCUT2D eigenvalue weighted by atomic mass is 79.9. The van der Waals surface area contributed by atoms with Gasteiger partial charge in [0, 0.05) is 30.8 Å². The fourth-order valence-corrected chi connectivity index (χ4v) is 3.31.